The van der Waals surface area contributed by atoms with Crippen molar-refractivity contribution in [2.45, 2.75) is 52.1 Å². The van der Waals surface area contributed by atoms with Crippen LogP contribution >= 0.6 is 0 Å². The first-order chi connectivity index (χ1) is 17.4. The number of H-pyrrole nitrogens is 1. The van der Waals surface area contributed by atoms with Gasteiger partial charge in [-0.1, -0.05) is 0 Å². The number of carbonyl (C=O) groups excluding carboxylic acids is 1. The van der Waals surface area contributed by atoms with Crippen molar-refractivity contribution >= 4 is 22.6 Å². The first kappa shape index (κ1) is 26.1. The lowest BCUT2D eigenvalue weighted by atomic mass is 10.0. The molecule has 1 aromatic carbocycles. The highest BCUT2D eigenvalue weighted by Crippen LogP contribution is 2.36. The Kier molecular flexibility index (Phi) is 6.92. The maximum absolute atomic E-state index is 13.9. The van der Waals surface area contributed by atoms with Crippen molar-refractivity contribution in [1.29, 1.82) is 5.26 Å². The van der Waals surface area contributed by atoms with Crippen LogP contribution < -0.4 is 10.9 Å². The van der Waals surface area contributed by atoms with Gasteiger partial charge < -0.3 is 19.9 Å². The number of alkyl halides is 3. The number of rotatable bonds is 4. The number of pyridine rings is 1. The number of nitrogens with one attached hydrogen (secondary N) is 2. The fraction of sp³-hybridized carbons (Fsp3) is 0.400. The van der Waals surface area contributed by atoms with Crippen molar-refractivity contribution in [2.24, 2.45) is 0 Å². The van der Waals surface area contributed by atoms with Crippen molar-refractivity contribution in [3.05, 3.63) is 62.8 Å². The smallest absolute Gasteiger partial charge is 0.377 e. The first-order valence-electron chi connectivity index (χ1n) is 11.6. The third kappa shape index (κ3) is 5.41. The number of aromatic amines is 1. The second kappa shape index (κ2) is 9.82. The molecule has 3 heterocycles. The summed E-state index contributed by atoms with van der Waals surface area (Å²) in [5.41, 5.74) is -1.77. The van der Waals surface area contributed by atoms with Crippen LogP contribution in [0.25, 0.3) is 11.0 Å². The van der Waals surface area contributed by atoms with E-state index < -0.39 is 23.5 Å². The molecule has 0 aliphatic carbocycles. The zero-order chi connectivity index (χ0) is 27.1. The number of aryl methyl sites for hydroxylation is 1. The van der Waals surface area contributed by atoms with Gasteiger partial charge in [-0.05, 0) is 52.0 Å². The number of nitriles is 1. The number of carbonyl (C=O) groups is 1. The van der Waals surface area contributed by atoms with Gasteiger partial charge in [0.05, 0.1) is 34.9 Å². The molecule has 0 spiro atoms. The third-order valence-corrected chi connectivity index (χ3v) is 6.05. The van der Waals surface area contributed by atoms with Gasteiger partial charge in [0.15, 0.2) is 11.3 Å². The number of fused-ring (bicyclic) bond motifs is 1. The topological polar surface area (TPSA) is 124 Å². The summed E-state index contributed by atoms with van der Waals surface area (Å²) in [4.78, 5) is 37.0. The second-order valence-corrected chi connectivity index (χ2v) is 9.15. The monoisotopic (exact) mass is 514 g/mol. The van der Waals surface area contributed by atoms with E-state index in [1.807, 2.05) is 19.9 Å². The molecule has 2 aromatic heterocycles. The molecule has 0 saturated carbocycles. The lowest BCUT2D eigenvalue weighted by Gasteiger charge is -2.35. The molecule has 0 bridgehead atoms. The summed E-state index contributed by atoms with van der Waals surface area (Å²) in [6.07, 6.45) is -5.07. The lowest BCUT2D eigenvalue weighted by Crippen LogP contribution is -2.48. The number of halogens is 3. The lowest BCUT2D eigenvalue weighted by molar-refractivity contribution is -0.141. The molecule has 0 radical (unpaired) electrons. The van der Waals surface area contributed by atoms with E-state index in [0.29, 0.717) is 13.1 Å². The number of morpholine rings is 1. The van der Waals surface area contributed by atoms with Gasteiger partial charge in [0.25, 0.3) is 11.5 Å². The Morgan fingerprint density at radius 1 is 1.24 bits per heavy atom. The molecule has 9 nitrogen and oxygen atoms in total. The van der Waals surface area contributed by atoms with E-state index in [1.54, 1.807) is 4.90 Å². The van der Waals surface area contributed by atoms with Crippen LogP contribution in [0.3, 0.4) is 0 Å². The Balaban J connectivity index is 1.67. The van der Waals surface area contributed by atoms with Gasteiger partial charge in [-0.3, -0.25) is 9.59 Å². The third-order valence-electron chi connectivity index (χ3n) is 6.05. The molecule has 1 aliphatic heterocycles. The summed E-state index contributed by atoms with van der Waals surface area (Å²) in [7, 11) is 0. The summed E-state index contributed by atoms with van der Waals surface area (Å²) < 4.78 is 47.3. The van der Waals surface area contributed by atoms with E-state index in [1.165, 1.54) is 32.0 Å². The van der Waals surface area contributed by atoms with Gasteiger partial charge >= 0.3 is 6.18 Å². The van der Waals surface area contributed by atoms with E-state index in [2.05, 4.69) is 20.3 Å². The summed E-state index contributed by atoms with van der Waals surface area (Å²) in [6, 6.07) is 6.52. The molecule has 1 saturated heterocycles. The van der Waals surface area contributed by atoms with E-state index in [4.69, 9.17) is 4.74 Å². The van der Waals surface area contributed by atoms with Gasteiger partial charge in [0, 0.05) is 24.2 Å². The minimum atomic E-state index is -4.81. The number of hydrogen-bond donors (Lipinski definition) is 2. The minimum absolute atomic E-state index is 0.0855. The highest BCUT2D eigenvalue weighted by Gasteiger charge is 2.37. The molecule has 1 amide bonds. The predicted octanol–water partition coefficient (Wildman–Crippen LogP) is 3.94. The van der Waals surface area contributed by atoms with Crippen molar-refractivity contribution in [2.75, 3.05) is 18.4 Å². The van der Waals surface area contributed by atoms with Crippen LogP contribution in [-0.2, 0) is 10.9 Å². The number of ether oxygens (including phenoxy) is 1. The van der Waals surface area contributed by atoms with Crippen LogP contribution in [0.15, 0.2) is 29.1 Å². The van der Waals surface area contributed by atoms with Crippen LogP contribution in [0.4, 0.5) is 18.9 Å². The van der Waals surface area contributed by atoms with Crippen molar-refractivity contribution in [3.8, 4) is 6.07 Å². The van der Waals surface area contributed by atoms with Gasteiger partial charge in [-0.2, -0.15) is 18.4 Å². The van der Waals surface area contributed by atoms with Crippen molar-refractivity contribution in [3.63, 3.8) is 0 Å². The fourth-order valence-corrected chi connectivity index (χ4v) is 4.48. The molecule has 1 fully saturated rings. The van der Waals surface area contributed by atoms with E-state index in [-0.39, 0.29) is 57.4 Å². The first-order valence-corrected chi connectivity index (χ1v) is 11.6. The summed E-state index contributed by atoms with van der Waals surface area (Å²) in [6.45, 7) is 7.46. The molecule has 0 unspecified atom stereocenters. The Morgan fingerprint density at radius 2 is 1.92 bits per heavy atom. The van der Waals surface area contributed by atoms with Crippen molar-refractivity contribution in [1.82, 2.24) is 19.9 Å². The highest BCUT2D eigenvalue weighted by molar-refractivity contribution is 5.95. The molecule has 194 valence electrons. The normalized spacial score (nSPS) is 18.9. The summed E-state index contributed by atoms with van der Waals surface area (Å²) in [5, 5.41) is 12.5. The number of benzene rings is 1. The molecular formula is C25H25F3N6O3. The molecule has 12 heteroatoms. The fourth-order valence-electron chi connectivity index (χ4n) is 4.48. The molecule has 3 aromatic rings. The van der Waals surface area contributed by atoms with Crippen LogP contribution in [0.1, 0.15) is 59.8 Å². The predicted molar refractivity (Wildman–Crippen MR) is 129 cm³/mol. The molecule has 3 atom stereocenters. The largest absolute Gasteiger partial charge is 0.433 e. The Bertz CT molecular complexity index is 1450. The maximum Gasteiger partial charge on any atom is 0.433 e. The van der Waals surface area contributed by atoms with E-state index >= 15 is 0 Å². The average molecular weight is 515 g/mol. The number of aromatic nitrogens is 3. The second-order valence-electron chi connectivity index (χ2n) is 9.15. The number of nitrogens with zero attached hydrogens (tertiary/aromatic N) is 4. The number of hydrogen-bond acceptors (Lipinski definition) is 7. The molecule has 1 aliphatic rings. The zero-order valence-electron chi connectivity index (χ0n) is 20.6. The Morgan fingerprint density at radius 3 is 2.54 bits per heavy atom. The van der Waals surface area contributed by atoms with Gasteiger partial charge in [0.1, 0.15) is 11.9 Å². The van der Waals surface area contributed by atoms with Crippen molar-refractivity contribution < 1.29 is 22.7 Å². The Labute approximate surface area is 210 Å². The Hall–Kier alpha value is -3.98. The SMILES string of the molecule is Cc1nc2nc(C(F)(F)F)c([C@@H](C)Nc3ccc(C(=O)N4C[C@@H](C)O[C@@H](C)C4)cc3C#N)cc2c(=O)[nH]1. The molecule has 2 N–H and O–H groups in total. The minimum Gasteiger partial charge on any atom is -0.377 e. The van der Waals surface area contributed by atoms with Crippen LogP contribution in [0.5, 0.6) is 0 Å². The quantitative estimate of drug-likeness (QED) is 0.541. The zero-order valence-corrected chi connectivity index (χ0v) is 20.6. The summed E-state index contributed by atoms with van der Waals surface area (Å²) >= 11 is 0. The van der Waals surface area contributed by atoms with E-state index in [9.17, 15) is 28.0 Å². The van der Waals surface area contributed by atoms with Gasteiger partial charge in [-0.25, -0.2) is 9.97 Å². The molecule has 4 rings (SSSR count). The maximum atomic E-state index is 13.9. The highest BCUT2D eigenvalue weighted by atomic mass is 19.4. The van der Waals surface area contributed by atoms with Gasteiger partial charge in [0.2, 0.25) is 0 Å². The summed E-state index contributed by atoms with van der Waals surface area (Å²) in [5.74, 6) is -0.121. The number of anilines is 1. The van der Waals surface area contributed by atoms with Crippen LogP contribution in [0.2, 0.25) is 0 Å². The van der Waals surface area contributed by atoms with Crippen LogP contribution in [-0.4, -0.2) is 51.1 Å². The standard InChI is InChI=1S/C25H25F3N6O3/c1-12-10-34(11-13(2)37-12)24(36)16-5-6-20(17(7-16)9-29)30-14(3)18-8-19-22(31-15(4)32-23(19)35)33-21(18)25(26,27)28/h5-8,12-14,30H,10-11H2,1-4H3,(H,31,32,33,35)/t12-,13+,14-/m1/s1. The van der Waals surface area contributed by atoms with Crippen LogP contribution in [0, 0.1) is 18.3 Å². The van der Waals surface area contributed by atoms with Gasteiger partial charge in [-0.15, -0.1) is 0 Å². The number of amides is 1. The molecule has 37 heavy (non-hydrogen) atoms. The average Bonchev–Trinajstić information content (AvgIpc) is 2.81. The van der Waals surface area contributed by atoms with E-state index in [0.717, 1.165) is 6.07 Å². The molecular weight excluding hydrogens is 489 g/mol.